The van der Waals surface area contributed by atoms with Gasteiger partial charge >= 0.3 is 6.03 Å². The largest absolute Gasteiger partial charge is 0.338 e. The van der Waals surface area contributed by atoms with Crippen LogP contribution in [0.2, 0.25) is 0 Å². The van der Waals surface area contributed by atoms with E-state index < -0.39 is 0 Å². The molecule has 2 fully saturated rings. The summed E-state index contributed by atoms with van der Waals surface area (Å²) in [5.74, 6) is 0. The van der Waals surface area contributed by atoms with Crippen molar-refractivity contribution in [2.45, 2.75) is 31.8 Å². The summed E-state index contributed by atoms with van der Waals surface area (Å²) in [5, 5.41) is 2.95. The number of piperidine rings is 1. The molecular formula is C14H23N5O. The van der Waals surface area contributed by atoms with Gasteiger partial charge < -0.3 is 14.8 Å². The van der Waals surface area contributed by atoms with E-state index in [1.165, 1.54) is 5.69 Å². The first-order valence-corrected chi connectivity index (χ1v) is 7.46. The number of carbonyl (C=O) groups is 1. The van der Waals surface area contributed by atoms with E-state index in [4.69, 9.17) is 0 Å². The smallest absolute Gasteiger partial charge is 0.317 e. The maximum atomic E-state index is 11.9. The quantitative estimate of drug-likeness (QED) is 0.889. The molecule has 0 atom stereocenters. The summed E-state index contributed by atoms with van der Waals surface area (Å²) < 4.78 is 2.07. The first-order valence-electron chi connectivity index (χ1n) is 7.46. The second kappa shape index (κ2) is 5.83. The topological polar surface area (TPSA) is 53.4 Å². The van der Waals surface area contributed by atoms with Gasteiger partial charge in [0.05, 0.1) is 12.0 Å². The van der Waals surface area contributed by atoms with Gasteiger partial charge in [0.2, 0.25) is 0 Å². The van der Waals surface area contributed by atoms with Crippen molar-refractivity contribution in [3.8, 4) is 0 Å². The molecule has 0 unspecified atom stereocenters. The van der Waals surface area contributed by atoms with Crippen molar-refractivity contribution >= 4 is 6.03 Å². The number of hydrogen-bond donors (Lipinski definition) is 1. The minimum Gasteiger partial charge on any atom is -0.338 e. The Morgan fingerprint density at radius 3 is 2.80 bits per heavy atom. The van der Waals surface area contributed by atoms with Gasteiger partial charge in [0.15, 0.2) is 0 Å². The molecule has 0 saturated carbocycles. The molecule has 20 heavy (non-hydrogen) atoms. The predicted molar refractivity (Wildman–Crippen MR) is 76.2 cm³/mol. The van der Waals surface area contributed by atoms with Gasteiger partial charge in [0.25, 0.3) is 0 Å². The number of urea groups is 1. The lowest BCUT2D eigenvalue weighted by Crippen LogP contribution is -2.54. The SMILES string of the molecule is Cn1cncc1CN1CCC(N2CCCNC2=O)CC1. The van der Waals surface area contributed by atoms with Crippen molar-refractivity contribution < 1.29 is 4.79 Å². The molecule has 0 aliphatic carbocycles. The zero-order valence-corrected chi connectivity index (χ0v) is 12.1. The van der Waals surface area contributed by atoms with Gasteiger partial charge in [0.1, 0.15) is 0 Å². The summed E-state index contributed by atoms with van der Waals surface area (Å²) in [6, 6.07) is 0.541. The number of likely N-dealkylation sites (tertiary alicyclic amines) is 1. The van der Waals surface area contributed by atoms with Crippen LogP contribution < -0.4 is 5.32 Å². The van der Waals surface area contributed by atoms with Crippen LogP contribution in [0.15, 0.2) is 12.5 Å². The molecule has 1 aromatic rings. The molecule has 0 radical (unpaired) electrons. The van der Waals surface area contributed by atoms with E-state index in [-0.39, 0.29) is 6.03 Å². The number of imidazole rings is 1. The number of hydrogen-bond acceptors (Lipinski definition) is 3. The minimum absolute atomic E-state index is 0.126. The van der Waals surface area contributed by atoms with Crippen LogP contribution in [0.3, 0.4) is 0 Å². The molecule has 3 rings (SSSR count). The van der Waals surface area contributed by atoms with E-state index in [9.17, 15) is 4.79 Å². The Kier molecular flexibility index (Phi) is 3.91. The Labute approximate surface area is 119 Å². The van der Waals surface area contributed by atoms with Crippen molar-refractivity contribution in [1.82, 2.24) is 24.7 Å². The number of rotatable bonds is 3. The summed E-state index contributed by atoms with van der Waals surface area (Å²) in [6.45, 7) is 4.81. The Balaban J connectivity index is 1.52. The summed E-state index contributed by atoms with van der Waals surface area (Å²) in [4.78, 5) is 20.5. The second-order valence-corrected chi connectivity index (χ2v) is 5.78. The molecule has 6 heteroatoms. The monoisotopic (exact) mass is 277 g/mol. The lowest BCUT2D eigenvalue weighted by molar-refractivity contribution is 0.108. The van der Waals surface area contributed by atoms with Crippen LogP contribution in [-0.2, 0) is 13.6 Å². The van der Waals surface area contributed by atoms with Crippen molar-refractivity contribution in [2.75, 3.05) is 26.2 Å². The highest BCUT2D eigenvalue weighted by molar-refractivity contribution is 5.75. The van der Waals surface area contributed by atoms with E-state index in [1.54, 1.807) is 0 Å². The number of nitrogens with zero attached hydrogens (tertiary/aromatic N) is 4. The molecule has 2 saturated heterocycles. The van der Waals surface area contributed by atoms with Crippen LogP contribution in [-0.4, -0.2) is 57.6 Å². The number of aromatic nitrogens is 2. The van der Waals surface area contributed by atoms with E-state index in [0.717, 1.165) is 52.0 Å². The van der Waals surface area contributed by atoms with Crippen LogP contribution in [0.25, 0.3) is 0 Å². The first kappa shape index (κ1) is 13.4. The second-order valence-electron chi connectivity index (χ2n) is 5.78. The van der Waals surface area contributed by atoms with E-state index in [2.05, 4.69) is 19.8 Å². The fourth-order valence-corrected chi connectivity index (χ4v) is 3.15. The molecule has 1 N–H and O–H groups in total. The summed E-state index contributed by atoms with van der Waals surface area (Å²) in [7, 11) is 2.03. The lowest BCUT2D eigenvalue weighted by atomic mass is 10.0. The maximum absolute atomic E-state index is 11.9. The maximum Gasteiger partial charge on any atom is 0.317 e. The molecule has 2 amide bonds. The van der Waals surface area contributed by atoms with Crippen molar-refractivity contribution in [3.05, 3.63) is 18.2 Å². The van der Waals surface area contributed by atoms with Crippen LogP contribution in [0.4, 0.5) is 4.79 Å². The summed E-state index contributed by atoms with van der Waals surface area (Å²) in [5.41, 5.74) is 1.25. The molecule has 0 aromatic carbocycles. The van der Waals surface area contributed by atoms with E-state index in [1.807, 2.05) is 24.5 Å². The minimum atomic E-state index is 0.126. The van der Waals surface area contributed by atoms with Crippen LogP contribution in [0, 0.1) is 0 Å². The standard InChI is InChI=1S/C14H23N5O/c1-17-11-15-9-13(17)10-18-7-3-12(4-8-18)19-6-2-5-16-14(19)20/h9,11-12H,2-8,10H2,1H3,(H,16,20). The van der Waals surface area contributed by atoms with Crippen molar-refractivity contribution in [3.63, 3.8) is 0 Å². The molecule has 110 valence electrons. The number of amides is 2. The van der Waals surface area contributed by atoms with Gasteiger partial charge in [-0.05, 0) is 19.3 Å². The van der Waals surface area contributed by atoms with Crippen LogP contribution >= 0.6 is 0 Å². The summed E-state index contributed by atoms with van der Waals surface area (Å²) in [6.07, 6.45) is 7.00. The first-order chi connectivity index (χ1) is 9.74. The zero-order valence-electron chi connectivity index (χ0n) is 12.1. The lowest BCUT2D eigenvalue weighted by Gasteiger charge is -2.40. The Bertz CT molecular complexity index is 464. The van der Waals surface area contributed by atoms with Gasteiger partial charge in [-0.1, -0.05) is 0 Å². The highest BCUT2D eigenvalue weighted by atomic mass is 16.2. The Hall–Kier alpha value is -1.56. The third-order valence-electron chi connectivity index (χ3n) is 4.41. The molecule has 0 bridgehead atoms. The third-order valence-corrected chi connectivity index (χ3v) is 4.41. The van der Waals surface area contributed by atoms with Crippen LogP contribution in [0.1, 0.15) is 25.0 Å². The number of nitrogens with one attached hydrogen (secondary N) is 1. The molecule has 2 aliphatic heterocycles. The molecule has 6 nitrogen and oxygen atoms in total. The Morgan fingerprint density at radius 1 is 1.35 bits per heavy atom. The van der Waals surface area contributed by atoms with E-state index >= 15 is 0 Å². The molecular weight excluding hydrogens is 254 g/mol. The number of carbonyl (C=O) groups excluding carboxylic acids is 1. The van der Waals surface area contributed by atoms with Crippen molar-refractivity contribution in [1.29, 1.82) is 0 Å². The molecule has 0 spiro atoms. The molecule has 3 heterocycles. The molecule has 1 aromatic heterocycles. The average Bonchev–Trinajstić information content (AvgIpc) is 2.86. The fraction of sp³-hybridized carbons (Fsp3) is 0.714. The van der Waals surface area contributed by atoms with Gasteiger partial charge in [-0.3, -0.25) is 4.90 Å². The Morgan fingerprint density at radius 2 is 2.15 bits per heavy atom. The highest BCUT2D eigenvalue weighted by Crippen LogP contribution is 2.19. The predicted octanol–water partition coefficient (Wildman–Crippen LogP) is 0.800. The van der Waals surface area contributed by atoms with Gasteiger partial charge in [-0.2, -0.15) is 0 Å². The fourth-order valence-electron chi connectivity index (χ4n) is 3.15. The van der Waals surface area contributed by atoms with Crippen molar-refractivity contribution in [2.24, 2.45) is 7.05 Å². The zero-order chi connectivity index (χ0) is 13.9. The third kappa shape index (κ3) is 2.80. The summed E-state index contributed by atoms with van der Waals surface area (Å²) >= 11 is 0. The van der Waals surface area contributed by atoms with Gasteiger partial charge in [-0.15, -0.1) is 0 Å². The van der Waals surface area contributed by atoms with E-state index in [0.29, 0.717) is 6.04 Å². The molecule has 2 aliphatic rings. The number of aryl methyl sites for hydroxylation is 1. The van der Waals surface area contributed by atoms with Gasteiger partial charge in [-0.25, -0.2) is 9.78 Å². The average molecular weight is 277 g/mol. The van der Waals surface area contributed by atoms with Crippen LogP contribution in [0.5, 0.6) is 0 Å². The normalized spacial score (nSPS) is 22.1. The highest BCUT2D eigenvalue weighted by Gasteiger charge is 2.29. The van der Waals surface area contributed by atoms with Gasteiger partial charge in [0, 0.05) is 52.0 Å².